The van der Waals surface area contributed by atoms with Crippen LogP contribution in [-0.4, -0.2) is 0 Å². The molecule has 0 heterocycles. The first-order valence-electron chi connectivity index (χ1n) is 7.72. The fraction of sp³-hybridized carbons (Fsp3) is 0.684. The topological polar surface area (TPSA) is 0 Å². The molecule has 0 saturated carbocycles. The molecule has 19 heavy (non-hydrogen) atoms. The van der Waals surface area contributed by atoms with E-state index in [4.69, 9.17) is 0 Å². The van der Waals surface area contributed by atoms with Crippen LogP contribution < -0.4 is 0 Å². The highest BCUT2D eigenvalue weighted by Crippen LogP contribution is 2.10. The molecule has 1 aliphatic carbocycles. The molecular weight excluding hydrogens is 228 g/mol. The van der Waals surface area contributed by atoms with Crippen molar-refractivity contribution in [1.29, 1.82) is 0 Å². The van der Waals surface area contributed by atoms with Gasteiger partial charge in [0, 0.05) is 0 Å². The normalized spacial score (nSPS) is 9.84. The quantitative estimate of drug-likeness (QED) is 0.390. The van der Waals surface area contributed by atoms with Gasteiger partial charge < -0.3 is 0 Å². The van der Waals surface area contributed by atoms with E-state index in [-0.39, 0.29) is 7.43 Å². The van der Waals surface area contributed by atoms with E-state index >= 15 is 0 Å². The van der Waals surface area contributed by atoms with Crippen LogP contribution in [0.2, 0.25) is 0 Å². The van der Waals surface area contributed by atoms with Crippen LogP contribution in [0.3, 0.4) is 0 Å². The van der Waals surface area contributed by atoms with E-state index in [0.717, 1.165) is 0 Å². The molecule has 1 rings (SSSR count). The lowest BCUT2D eigenvalue weighted by Gasteiger charge is -1.91. The van der Waals surface area contributed by atoms with Crippen LogP contribution in [0.5, 0.6) is 0 Å². The summed E-state index contributed by atoms with van der Waals surface area (Å²) in [5.74, 6) is 0. The van der Waals surface area contributed by atoms with E-state index in [0.29, 0.717) is 0 Å². The average molecular weight is 273 g/mol. The maximum Gasteiger partial charge on any atom is -0.0317 e. The largest absolute Gasteiger partial charge is 0.106 e. The van der Waals surface area contributed by atoms with Crippen molar-refractivity contribution < 1.29 is 0 Å². The lowest BCUT2D eigenvalue weighted by Crippen LogP contribution is -1.71. The standard InChI is InChI=1S/C8H12.4C2H6.C2H4.CH4/c1-8-6-4-2-3-5-7-8;5*1-2;/h2,4,6H,3,5,7H2,1H3;4*1-2H3;1-2H2;1H4. The Morgan fingerprint density at radius 2 is 1.21 bits per heavy atom. The fourth-order valence-electron chi connectivity index (χ4n) is 0.911. The molecule has 0 fully saturated rings. The van der Waals surface area contributed by atoms with Crippen molar-refractivity contribution in [3.05, 3.63) is 37.0 Å². The van der Waals surface area contributed by atoms with E-state index in [1.54, 1.807) is 0 Å². The van der Waals surface area contributed by atoms with Crippen molar-refractivity contribution in [2.24, 2.45) is 0 Å². The summed E-state index contributed by atoms with van der Waals surface area (Å²) in [7, 11) is 0. The number of rotatable bonds is 0. The van der Waals surface area contributed by atoms with Crippen molar-refractivity contribution >= 4 is 0 Å². The van der Waals surface area contributed by atoms with Crippen molar-refractivity contribution in [3.8, 4) is 0 Å². The summed E-state index contributed by atoms with van der Waals surface area (Å²) in [6, 6.07) is 0. The minimum atomic E-state index is 0. The summed E-state index contributed by atoms with van der Waals surface area (Å²) in [5, 5.41) is 0. The molecule has 0 aliphatic heterocycles. The predicted octanol–water partition coefficient (Wildman–Crippen LogP) is 8.22. The molecular formula is C19H44. The number of hydrogen-bond acceptors (Lipinski definition) is 0. The van der Waals surface area contributed by atoms with Gasteiger partial charge in [-0.25, -0.2) is 0 Å². The molecule has 0 aromatic carbocycles. The van der Waals surface area contributed by atoms with Gasteiger partial charge in [0.15, 0.2) is 0 Å². The summed E-state index contributed by atoms with van der Waals surface area (Å²) in [4.78, 5) is 0. The Morgan fingerprint density at radius 3 is 1.58 bits per heavy atom. The SMILES string of the molecule is C.C=C.CC.CC.CC.CC.CC1=CC=CCCC1. The van der Waals surface area contributed by atoms with Gasteiger partial charge in [0.1, 0.15) is 0 Å². The Balaban J connectivity index is -0.0000000332. The van der Waals surface area contributed by atoms with Gasteiger partial charge >= 0.3 is 0 Å². The fourth-order valence-corrected chi connectivity index (χ4v) is 0.911. The second kappa shape index (κ2) is 67.0. The van der Waals surface area contributed by atoms with Crippen molar-refractivity contribution in [2.45, 2.75) is 89.0 Å². The first kappa shape index (κ1) is 36.2. The van der Waals surface area contributed by atoms with E-state index in [9.17, 15) is 0 Å². The molecule has 0 saturated heterocycles. The van der Waals surface area contributed by atoms with Crippen LogP contribution >= 0.6 is 0 Å². The minimum Gasteiger partial charge on any atom is -0.106 e. The molecule has 0 amide bonds. The third-order valence-corrected chi connectivity index (χ3v) is 1.46. The smallest absolute Gasteiger partial charge is 0.0317 e. The first-order valence-corrected chi connectivity index (χ1v) is 7.72. The zero-order chi connectivity index (χ0) is 15.8. The maximum atomic E-state index is 3.00. The molecule has 120 valence electrons. The molecule has 0 aromatic heterocycles. The molecule has 0 bridgehead atoms. The first-order chi connectivity index (χ1) is 8.89. The third kappa shape index (κ3) is 59.0. The van der Waals surface area contributed by atoms with Gasteiger partial charge in [-0.1, -0.05) is 86.6 Å². The predicted molar refractivity (Wildman–Crippen MR) is 100 cm³/mol. The van der Waals surface area contributed by atoms with Crippen LogP contribution in [0.1, 0.15) is 89.0 Å². The molecule has 0 spiro atoms. The van der Waals surface area contributed by atoms with Crippen molar-refractivity contribution in [2.75, 3.05) is 0 Å². The van der Waals surface area contributed by atoms with E-state index in [2.05, 4.69) is 38.3 Å². The van der Waals surface area contributed by atoms with Crippen LogP contribution in [0.4, 0.5) is 0 Å². The molecule has 1 aliphatic rings. The maximum absolute atomic E-state index is 3.00. The Labute approximate surface area is 126 Å². The molecule has 0 aromatic rings. The molecule has 0 atom stereocenters. The van der Waals surface area contributed by atoms with Gasteiger partial charge in [0.2, 0.25) is 0 Å². The summed E-state index contributed by atoms with van der Waals surface area (Å²) in [6.45, 7) is 24.2. The molecule has 0 heteroatoms. The molecule has 0 unspecified atom stereocenters. The van der Waals surface area contributed by atoms with Crippen molar-refractivity contribution in [1.82, 2.24) is 0 Å². The lowest BCUT2D eigenvalue weighted by atomic mass is 10.1. The molecule has 0 radical (unpaired) electrons. The minimum absolute atomic E-state index is 0. The lowest BCUT2D eigenvalue weighted by molar-refractivity contribution is 0.841. The molecule has 0 nitrogen and oxygen atoms in total. The highest BCUT2D eigenvalue weighted by Gasteiger charge is 1.90. The second-order valence-electron chi connectivity index (χ2n) is 2.33. The van der Waals surface area contributed by atoms with Crippen LogP contribution in [0, 0.1) is 0 Å². The monoisotopic (exact) mass is 272 g/mol. The van der Waals surface area contributed by atoms with Gasteiger partial charge in [0.25, 0.3) is 0 Å². The van der Waals surface area contributed by atoms with Gasteiger partial charge in [-0.15, -0.1) is 13.2 Å². The van der Waals surface area contributed by atoms with E-state index < -0.39 is 0 Å². The number of allylic oxidation sites excluding steroid dienone is 4. The second-order valence-corrected chi connectivity index (χ2v) is 2.33. The number of hydrogen-bond donors (Lipinski definition) is 0. The Morgan fingerprint density at radius 1 is 0.842 bits per heavy atom. The zero-order valence-electron chi connectivity index (χ0n) is 14.8. The van der Waals surface area contributed by atoms with E-state index in [1.165, 1.54) is 24.8 Å². The van der Waals surface area contributed by atoms with Crippen LogP contribution in [0.15, 0.2) is 37.0 Å². The summed E-state index contributed by atoms with van der Waals surface area (Å²) in [5.41, 5.74) is 1.51. The summed E-state index contributed by atoms with van der Waals surface area (Å²) >= 11 is 0. The Kier molecular flexibility index (Phi) is 128. The summed E-state index contributed by atoms with van der Waals surface area (Å²) in [6.07, 6.45) is 10.5. The zero-order valence-corrected chi connectivity index (χ0v) is 14.8. The Hall–Kier alpha value is -0.780. The van der Waals surface area contributed by atoms with Gasteiger partial charge in [-0.05, 0) is 26.2 Å². The highest BCUT2D eigenvalue weighted by molar-refractivity contribution is 5.12. The highest BCUT2D eigenvalue weighted by atomic mass is 14.0. The molecule has 0 N–H and O–H groups in total. The summed E-state index contributed by atoms with van der Waals surface area (Å²) < 4.78 is 0. The van der Waals surface area contributed by atoms with E-state index in [1.807, 2.05) is 55.4 Å². The average Bonchev–Trinajstić information content (AvgIpc) is 2.77. The third-order valence-electron chi connectivity index (χ3n) is 1.46. The van der Waals surface area contributed by atoms with Gasteiger partial charge in [0.05, 0.1) is 0 Å². The van der Waals surface area contributed by atoms with Crippen molar-refractivity contribution in [3.63, 3.8) is 0 Å². The Bertz CT molecular complexity index is 129. The van der Waals surface area contributed by atoms with Crippen LogP contribution in [0.25, 0.3) is 0 Å². The van der Waals surface area contributed by atoms with Gasteiger partial charge in [-0.2, -0.15) is 0 Å². The van der Waals surface area contributed by atoms with Gasteiger partial charge in [-0.3, -0.25) is 0 Å². The van der Waals surface area contributed by atoms with Crippen LogP contribution in [-0.2, 0) is 0 Å².